The van der Waals surface area contributed by atoms with Crippen LogP contribution in [0.4, 0.5) is 10.3 Å². The number of amides is 1. The molecule has 27 heavy (non-hydrogen) atoms. The number of nitrogens with zero attached hydrogens (tertiary/aromatic N) is 4. The molecule has 0 aliphatic carbocycles. The molecule has 0 bridgehead atoms. The zero-order valence-corrected chi connectivity index (χ0v) is 18.1. The smallest absolute Gasteiger partial charge is 0.275 e. The van der Waals surface area contributed by atoms with Crippen molar-refractivity contribution < 1.29 is 9.18 Å². The van der Waals surface area contributed by atoms with Gasteiger partial charge >= 0.3 is 0 Å². The van der Waals surface area contributed by atoms with E-state index in [1.807, 2.05) is 0 Å². The Labute approximate surface area is 170 Å². The summed E-state index contributed by atoms with van der Waals surface area (Å²) in [5, 5.41) is 6.87. The highest BCUT2D eigenvalue weighted by Crippen LogP contribution is 2.35. The van der Waals surface area contributed by atoms with Gasteiger partial charge in [0.2, 0.25) is 11.9 Å². The minimum absolute atomic E-state index is 0.0448. The highest BCUT2D eigenvalue weighted by atomic mass is 79.9. The van der Waals surface area contributed by atoms with Crippen LogP contribution in [-0.2, 0) is 11.3 Å². The Hall–Kier alpha value is -1.53. The Balaban J connectivity index is 2.00. The van der Waals surface area contributed by atoms with E-state index in [0.29, 0.717) is 10.7 Å². The number of hydrogen-bond donors (Lipinski definition) is 1. The summed E-state index contributed by atoms with van der Waals surface area (Å²) in [4.78, 5) is 32.6. The number of fused-ring (bicyclic) bond motifs is 1. The summed E-state index contributed by atoms with van der Waals surface area (Å²) in [5.74, 6) is -1.09. The highest BCUT2D eigenvalue weighted by molar-refractivity contribution is 9.10. The molecule has 0 saturated carbocycles. The Kier molecular flexibility index (Phi) is 6.16. The minimum Gasteiger partial charge on any atom is -0.293 e. The summed E-state index contributed by atoms with van der Waals surface area (Å²) in [6, 6.07) is 2.93. The highest BCUT2D eigenvalue weighted by Gasteiger charge is 2.20. The number of rotatable bonds is 4. The molecule has 1 aromatic carbocycles. The van der Waals surface area contributed by atoms with Gasteiger partial charge in [0.1, 0.15) is 12.4 Å². The third kappa shape index (κ3) is 4.32. The van der Waals surface area contributed by atoms with Gasteiger partial charge in [0, 0.05) is 10.8 Å². The molecule has 12 heteroatoms. The van der Waals surface area contributed by atoms with Crippen LogP contribution in [0, 0.1) is 5.82 Å². The fraction of sp³-hybridized carbons (Fsp3) is 0.133. The molecule has 2 heterocycles. The molecule has 0 aliphatic rings. The molecule has 1 N–H and O–H groups in total. The zero-order valence-electron chi connectivity index (χ0n) is 13.5. The first-order valence-corrected chi connectivity index (χ1v) is 9.95. The maximum Gasteiger partial charge on any atom is 0.275 e. The summed E-state index contributed by atoms with van der Waals surface area (Å²) in [7, 11) is 4.94. The van der Waals surface area contributed by atoms with Gasteiger partial charge in [-0.3, -0.25) is 14.9 Å². The van der Waals surface area contributed by atoms with Crippen LogP contribution in [0.25, 0.3) is 10.8 Å². The van der Waals surface area contributed by atoms with Crippen LogP contribution in [0.3, 0.4) is 0 Å². The van der Waals surface area contributed by atoms with Crippen molar-refractivity contribution in [3.8, 4) is 0 Å². The van der Waals surface area contributed by atoms with E-state index in [2.05, 4.69) is 54.8 Å². The topological polar surface area (TPSA) is 89.8 Å². The van der Waals surface area contributed by atoms with E-state index < -0.39 is 17.3 Å². The third-order valence-electron chi connectivity index (χ3n) is 3.52. The Bertz CT molecular complexity index is 1090. The number of nitrogens with one attached hydrogen (secondary N) is 1. The second kappa shape index (κ2) is 8.23. The van der Waals surface area contributed by atoms with E-state index in [4.69, 9.17) is 11.6 Å². The molecule has 140 valence electrons. The molecule has 3 aromatic rings. The zero-order chi connectivity index (χ0) is 19.7. The second-order valence-corrected chi connectivity index (χ2v) is 8.93. The fourth-order valence-electron chi connectivity index (χ4n) is 2.36. The van der Waals surface area contributed by atoms with Crippen LogP contribution in [0.1, 0.15) is 11.1 Å². The van der Waals surface area contributed by atoms with Crippen molar-refractivity contribution in [2.45, 2.75) is 11.9 Å². The van der Waals surface area contributed by atoms with Crippen LogP contribution in [0.2, 0.25) is 5.02 Å². The van der Waals surface area contributed by atoms with E-state index >= 15 is 0 Å². The standard InChI is InChI=1S/C15H12BrClFN5O2P2/c16-8-2-1-7-10(11(8)18)12(14(26)27)22-23(13(7)25)5-9(24)21-15-19-3-6(17)4-20-15/h1-4,14H,5,26-27H2,(H,19,20,21,24). The van der Waals surface area contributed by atoms with Gasteiger partial charge < -0.3 is 0 Å². The first kappa shape index (κ1) is 20.2. The van der Waals surface area contributed by atoms with Gasteiger partial charge in [0.05, 0.1) is 33.0 Å². The lowest BCUT2D eigenvalue weighted by molar-refractivity contribution is -0.117. The van der Waals surface area contributed by atoms with Gasteiger partial charge in [0.15, 0.2) is 0 Å². The fourth-order valence-corrected chi connectivity index (χ4v) is 3.26. The molecular weight excluding hydrogens is 479 g/mol. The van der Waals surface area contributed by atoms with Crippen molar-refractivity contribution in [3.63, 3.8) is 0 Å². The summed E-state index contributed by atoms with van der Waals surface area (Å²) in [6.07, 6.45) is 2.66. The van der Waals surface area contributed by atoms with E-state index in [-0.39, 0.29) is 33.1 Å². The van der Waals surface area contributed by atoms with Gasteiger partial charge in [-0.2, -0.15) is 5.10 Å². The molecule has 0 saturated heterocycles. The molecule has 0 spiro atoms. The summed E-state index contributed by atoms with van der Waals surface area (Å²) < 4.78 is 15.8. The van der Waals surface area contributed by atoms with Gasteiger partial charge in [-0.1, -0.05) is 11.6 Å². The normalized spacial score (nSPS) is 11.2. The number of carbonyl (C=O) groups excluding carboxylic acids is 1. The minimum atomic E-state index is -0.581. The van der Waals surface area contributed by atoms with Crippen molar-refractivity contribution in [1.29, 1.82) is 0 Å². The number of aromatic nitrogens is 4. The van der Waals surface area contributed by atoms with Crippen LogP contribution in [-0.4, -0.2) is 25.7 Å². The average Bonchev–Trinajstić information content (AvgIpc) is 2.62. The van der Waals surface area contributed by atoms with Crippen LogP contribution < -0.4 is 10.9 Å². The quantitative estimate of drug-likeness (QED) is 0.568. The largest absolute Gasteiger partial charge is 0.293 e. The molecule has 3 rings (SSSR count). The predicted octanol–water partition coefficient (Wildman–Crippen LogP) is 3.13. The first-order chi connectivity index (χ1) is 12.8. The summed E-state index contributed by atoms with van der Waals surface area (Å²) in [6.45, 7) is -0.381. The third-order valence-corrected chi connectivity index (χ3v) is 4.96. The van der Waals surface area contributed by atoms with E-state index in [1.54, 1.807) is 0 Å². The van der Waals surface area contributed by atoms with Gasteiger partial charge in [-0.15, -0.1) is 18.5 Å². The number of benzene rings is 1. The second-order valence-electron chi connectivity index (χ2n) is 5.43. The summed E-state index contributed by atoms with van der Waals surface area (Å²) in [5.41, 5.74) is -0.267. The van der Waals surface area contributed by atoms with Crippen LogP contribution >= 0.6 is 46.0 Å². The van der Waals surface area contributed by atoms with Crippen molar-refractivity contribution in [1.82, 2.24) is 19.7 Å². The molecule has 1 amide bonds. The van der Waals surface area contributed by atoms with Gasteiger partial charge in [-0.05, 0) is 28.1 Å². The van der Waals surface area contributed by atoms with Crippen LogP contribution in [0.5, 0.6) is 0 Å². The number of hydrogen-bond acceptors (Lipinski definition) is 5. The number of carbonyl (C=O) groups is 1. The molecule has 2 aromatic heterocycles. The first-order valence-electron chi connectivity index (χ1n) is 7.45. The van der Waals surface area contributed by atoms with Crippen molar-refractivity contribution in [2.75, 3.05) is 5.32 Å². The Morgan fingerprint density at radius 3 is 2.63 bits per heavy atom. The van der Waals surface area contributed by atoms with Gasteiger partial charge in [0.25, 0.3) is 5.56 Å². The van der Waals surface area contributed by atoms with Gasteiger partial charge in [-0.25, -0.2) is 19.0 Å². The lowest BCUT2D eigenvalue weighted by atomic mass is 10.1. The monoisotopic (exact) mass is 489 g/mol. The van der Waals surface area contributed by atoms with Crippen LogP contribution in [0.15, 0.2) is 33.8 Å². The van der Waals surface area contributed by atoms with Crippen molar-refractivity contribution >= 4 is 68.6 Å². The molecule has 2 unspecified atom stereocenters. The molecule has 0 aliphatic heterocycles. The molecule has 7 nitrogen and oxygen atoms in total. The maximum absolute atomic E-state index is 14.6. The van der Waals surface area contributed by atoms with E-state index in [1.165, 1.54) is 24.5 Å². The van der Waals surface area contributed by atoms with E-state index in [9.17, 15) is 14.0 Å². The Morgan fingerprint density at radius 2 is 2.00 bits per heavy atom. The summed E-state index contributed by atoms with van der Waals surface area (Å²) >= 11 is 8.81. The van der Waals surface area contributed by atoms with Crippen molar-refractivity contribution in [2.24, 2.45) is 0 Å². The molecule has 0 fully saturated rings. The molecule has 0 radical (unpaired) electrons. The Morgan fingerprint density at radius 1 is 1.33 bits per heavy atom. The number of anilines is 1. The molecular formula is C15H12BrClFN5O2P2. The number of halogens is 3. The predicted molar refractivity (Wildman–Crippen MR) is 111 cm³/mol. The average molecular weight is 491 g/mol. The SMILES string of the molecule is O=C(Cn1nc(C(P)P)c2c(F)c(Br)ccc2c1=O)Nc1ncc(Cl)cn1. The lowest BCUT2D eigenvalue weighted by Gasteiger charge is -2.14. The maximum atomic E-state index is 14.6. The van der Waals surface area contributed by atoms with E-state index in [0.717, 1.165) is 4.68 Å². The lowest BCUT2D eigenvalue weighted by Crippen LogP contribution is -2.31. The van der Waals surface area contributed by atoms with Crippen molar-refractivity contribution in [3.05, 3.63) is 55.9 Å². The molecule has 2 atom stereocenters.